The molecule has 0 spiro atoms. The monoisotopic (exact) mass is 361 g/mol. The van der Waals surface area contributed by atoms with Gasteiger partial charge < -0.3 is 4.90 Å². The van der Waals surface area contributed by atoms with Crippen molar-refractivity contribution in [1.82, 2.24) is 4.57 Å². The molecule has 1 aromatic carbocycles. The van der Waals surface area contributed by atoms with E-state index in [1.165, 1.54) is 11.3 Å². The molecule has 116 valence electrons. The van der Waals surface area contributed by atoms with Crippen LogP contribution in [0.15, 0.2) is 51.6 Å². The summed E-state index contributed by atoms with van der Waals surface area (Å²) in [6, 6.07) is 11.6. The molecule has 0 aliphatic carbocycles. The first-order chi connectivity index (χ1) is 11.2. The maximum absolute atomic E-state index is 12.6. The fraction of sp³-hybridized carbons (Fsp3) is 0.125. The van der Waals surface area contributed by atoms with Crippen LogP contribution in [0.25, 0.3) is 6.08 Å². The number of benzene rings is 1. The summed E-state index contributed by atoms with van der Waals surface area (Å²) in [5.74, 6) is 0. The number of fused-ring (bicyclic) bond motifs is 1. The highest BCUT2D eigenvalue weighted by Gasteiger charge is 2.15. The molecule has 4 nitrogen and oxygen atoms in total. The zero-order valence-corrected chi connectivity index (χ0v) is 14.4. The molecule has 23 heavy (non-hydrogen) atoms. The molecule has 1 aliphatic rings. The summed E-state index contributed by atoms with van der Waals surface area (Å²) >= 11 is 9.00. The molecule has 0 amide bonds. The van der Waals surface area contributed by atoms with Gasteiger partial charge in [0.15, 0.2) is 4.80 Å². The van der Waals surface area contributed by atoms with E-state index in [4.69, 9.17) is 11.6 Å². The van der Waals surface area contributed by atoms with Crippen LogP contribution in [0.1, 0.15) is 4.88 Å². The highest BCUT2D eigenvalue weighted by Crippen LogP contribution is 2.19. The SMILES string of the molecule is O=c1/c(=C\c2cccs2)sc2n1CN(c1ccc(Cl)cc1)CN=2. The summed E-state index contributed by atoms with van der Waals surface area (Å²) in [4.78, 5) is 21.1. The highest BCUT2D eigenvalue weighted by atomic mass is 35.5. The first-order valence-corrected chi connectivity index (χ1v) is 9.08. The van der Waals surface area contributed by atoms with Crippen molar-refractivity contribution in [3.63, 3.8) is 0 Å². The van der Waals surface area contributed by atoms with Gasteiger partial charge in [-0.05, 0) is 41.8 Å². The lowest BCUT2D eigenvalue weighted by atomic mass is 10.3. The van der Waals surface area contributed by atoms with Crippen LogP contribution in [0, 0.1) is 0 Å². The zero-order chi connectivity index (χ0) is 15.8. The van der Waals surface area contributed by atoms with Crippen molar-refractivity contribution in [3.05, 3.63) is 71.4 Å². The van der Waals surface area contributed by atoms with Crippen LogP contribution in [0.3, 0.4) is 0 Å². The first kappa shape index (κ1) is 14.7. The minimum atomic E-state index is 0.0146. The molecule has 0 saturated carbocycles. The van der Waals surface area contributed by atoms with Crippen LogP contribution in [0.2, 0.25) is 5.02 Å². The van der Waals surface area contributed by atoms with Crippen LogP contribution >= 0.6 is 34.3 Å². The molecule has 0 bridgehead atoms. The van der Waals surface area contributed by atoms with Gasteiger partial charge in [-0.2, -0.15) is 0 Å². The lowest BCUT2D eigenvalue weighted by Crippen LogP contribution is -2.42. The molecule has 7 heteroatoms. The molecule has 2 aromatic heterocycles. The van der Waals surface area contributed by atoms with E-state index in [9.17, 15) is 4.79 Å². The van der Waals surface area contributed by atoms with E-state index in [-0.39, 0.29) is 5.56 Å². The first-order valence-electron chi connectivity index (χ1n) is 7.00. The Morgan fingerprint density at radius 1 is 1.22 bits per heavy atom. The zero-order valence-electron chi connectivity index (χ0n) is 12.0. The van der Waals surface area contributed by atoms with Gasteiger partial charge in [0.05, 0.1) is 4.53 Å². The summed E-state index contributed by atoms with van der Waals surface area (Å²) in [5, 5.41) is 2.70. The van der Waals surface area contributed by atoms with E-state index in [2.05, 4.69) is 4.99 Å². The van der Waals surface area contributed by atoms with Gasteiger partial charge in [-0.1, -0.05) is 29.0 Å². The van der Waals surface area contributed by atoms with Crippen LogP contribution < -0.4 is 19.8 Å². The molecule has 0 saturated heterocycles. The molecule has 1 aliphatic heterocycles. The molecule has 0 N–H and O–H groups in total. The van der Waals surface area contributed by atoms with Crippen molar-refractivity contribution < 1.29 is 0 Å². The number of thiazole rings is 1. The summed E-state index contributed by atoms with van der Waals surface area (Å²) < 4.78 is 2.45. The van der Waals surface area contributed by atoms with E-state index >= 15 is 0 Å². The average molecular weight is 362 g/mol. The molecule has 0 atom stereocenters. The van der Waals surface area contributed by atoms with Crippen molar-refractivity contribution >= 4 is 46.0 Å². The van der Waals surface area contributed by atoms with Crippen molar-refractivity contribution in [2.24, 2.45) is 4.99 Å². The van der Waals surface area contributed by atoms with Crippen LogP contribution in [-0.4, -0.2) is 11.2 Å². The Labute approximate surface area is 145 Å². The molecular formula is C16H12ClN3OS2. The second-order valence-electron chi connectivity index (χ2n) is 5.10. The Kier molecular flexibility index (Phi) is 3.80. The third kappa shape index (κ3) is 2.85. The summed E-state index contributed by atoms with van der Waals surface area (Å²) in [7, 11) is 0. The minimum absolute atomic E-state index is 0.0146. The lowest BCUT2D eigenvalue weighted by molar-refractivity contribution is 0.569. The average Bonchev–Trinajstić information content (AvgIpc) is 3.17. The van der Waals surface area contributed by atoms with Gasteiger partial charge in [0, 0.05) is 15.6 Å². The topological polar surface area (TPSA) is 37.6 Å². The van der Waals surface area contributed by atoms with Crippen molar-refractivity contribution in [2.75, 3.05) is 11.6 Å². The van der Waals surface area contributed by atoms with E-state index in [0.29, 0.717) is 18.4 Å². The van der Waals surface area contributed by atoms with Gasteiger partial charge in [0.1, 0.15) is 13.3 Å². The molecule has 0 radical (unpaired) electrons. The predicted octanol–water partition coefficient (Wildman–Crippen LogP) is 2.51. The van der Waals surface area contributed by atoms with Gasteiger partial charge in [0.2, 0.25) is 0 Å². The number of hydrogen-bond acceptors (Lipinski definition) is 5. The third-order valence-electron chi connectivity index (χ3n) is 3.59. The predicted molar refractivity (Wildman–Crippen MR) is 96.0 cm³/mol. The highest BCUT2D eigenvalue weighted by molar-refractivity contribution is 7.11. The second kappa shape index (κ2) is 5.96. The Morgan fingerprint density at radius 2 is 2.04 bits per heavy atom. The van der Waals surface area contributed by atoms with E-state index in [0.717, 1.165) is 19.9 Å². The Bertz CT molecular complexity index is 1000. The minimum Gasteiger partial charge on any atom is -0.334 e. The summed E-state index contributed by atoms with van der Waals surface area (Å²) in [6.45, 7) is 1.05. The number of nitrogens with zero attached hydrogens (tertiary/aromatic N) is 3. The fourth-order valence-electron chi connectivity index (χ4n) is 2.43. The van der Waals surface area contributed by atoms with Crippen molar-refractivity contribution in [3.8, 4) is 0 Å². The maximum Gasteiger partial charge on any atom is 0.271 e. The number of aromatic nitrogens is 1. The molecule has 0 unspecified atom stereocenters. The van der Waals surface area contributed by atoms with Gasteiger partial charge in [-0.25, -0.2) is 4.99 Å². The molecule has 3 heterocycles. The number of hydrogen-bond donors (Lipinski definition) is 0. The number of thiophene rings is 1. The van der Waals surface area contributed by atoms with E-state index < -0.39 is 0 Å². The Morgan fingerprint density at radius 3 is 2.78 bits per heavy atom. The van der Waals surface area contributed by atoms with Gasteiger partial charge in [0.25, 0.3) is 5.56 Å². The summed E-state index contributed by atoms with van der Waals surface area (Å²) in [5.41, 5.74) is 1.02. The normalized spacial score (nSPS) is 14.7. The summed E-state index contributed by atoms with van der Waals surface area (Å²) in [6.07, 6.45) is 1.94. The molecule has 0 fully saturated rings. The standard InChI is InChI=1S/C16H12ClN3OS2/c17-11-3-5-12(6-4-11)19-9-18-16-20(10-19)15(21)14(23-16)8-13-2-1-7-22-13/h1-8H,9-10H2/b14-8+. The molecule has 4 rings (SSSR count). The van der Waals surface area contributed by atoms with Crippen LogP contribution in [0.5, 0.6) is 0 Å². The molecular weight excluding hydrogens is 350 g/mol. The lowest BCUT2D eigenvalue weighted by Gasteiger charge is -2.25. The number of rotatable bonds is 2. The van der Waals surface area contributed by atoms with E-state index in [1.807, 2.05) is 52.8 Å². The van der Waals surface area contributed by atoms with E-state index in [1.54, 1.807) is 15.9 Å². The van der Waals surface area contributed by atoms with Crippen LogP contribution in [-0.2, 0) is 6.67 Å². The van der Waals surface area contributed by atoms with Crippen LogP contribution in [0.4, 0.5) is 5.69 Å². The quantitative estimate of drug-likeness (QED) is 0.703. The smallest absolute Gasteiger partial charge is 0.271 e. The number of anilines is 1. The van der Waals surface area contributed by atoms with Crippen molar-refractivity contribution in [2.45, 2.75) is 6.67 Å². The van der Waals surface area contributed by atoms with Crippen molar-refractivity contribution in [1.29, 1.82) is 0 Å². The number of halogens is 1. The van der Waals surface area contributed by atoms with Gasteiger partial charge in [-0.3, -0.25) is 9.36 Å². The van der Waals surface area contributed by atoms with Gasteiger partial charge in [-0.15, -0.1) is 11.3 Å². The Hall–Kier alpha value is -1.89. The second-order valence-corrected chi connectivity index (χ2v) is 7.52. The maximum atomic E-state index is 12.6. The van der Waals surface area contributed by atoms with Gasteiger partial charge >= 0.3 is 0 Å². The Balaban J connectivity index is 1.72. The third-order valence-corrected chi connectivity index (χ3v) is 5.70. The fourth-order valence-corrected chi connectivity index (χ4v) is 4.24. The molecule has 3 aromatic rings. The largest absolute Gasteiger partial charge is 0.334 e.